The number of nitrogens with two attached hydrogens (primary N) is 1. The largest absolute Gasteiger partial charge is 0.361 e. The Morgan fingerprint density at radius 1 is 1.29 bits per heavy atom. The van der Waals surface area contributed by atoms with Gasteiger partial charge in [-0.15, -0.1) is 0 Å². The van der Waals surface area contributed by atoms with E-state index in [1.165, 1.54) is 16.5 Å². The lowest BCUT2D eigenvalue weighted by atomic mass is 9.91. The molecule has 1 unspecified atom stereocenters. The molecule has 0 aliphatic heterocycles. The Morgan fingerprint density at radius 2 is 2.00 bits per heavy atom. The summed E-state index contributed by atoms with van der Waals surface area (Å²) in [5.74, 6) is 0. The lowest BCUT2D eigenvalue weighted by Gasteiger charge is -2.35. The summed E-state index contributed by atoms with van der Waals surface area (Å²) in [6.45, 7) is 2.86. The van der Waals surface area contributed by atoms with Crippen molar-refractivity contribution in [2.24, 2.45) is 5.73 Å². The number of benzene rings is 1. The number of rotatable bonds is 4. The highest BCUT2D eigenvalue weighted by Crippen LogP contribution is 2.24. The summed E-state index contributed by atoms with van der Waals surface area (Å²) < 4.78 is 0. The van der Waals surface area contributed by atoms with Crippen molar-refractivity contribution < 1.29 is 0 Å². The molecule has 0 aliphatic rings. The average Bonchev–Trinajstić information content (AvgIpc) is 2.72. The van der Waals surface area contributed by atoms with Crippen LogP contribution in [0.1, 0.15) is 12.5 Å². The van der Waals surface area contributed by atoms with Crippen molar-refractivity contribution in [2.45, 2.75) is 18.9 Å². The van der Waals surface area contributed by atoms with E-state index in [9.17, 15) is 0 Å². The molecule has 17 heavy (non-hydrogen) atoms. The van der Waals surface area contributed by atoms with E-state index in [4.69, 9.17) is 5.73 Å². The second kappa shape index (κ2) is 4.51. The number of nitrogens with one attached hydrogen (secondary N) is 1. The zero-order valence-corrected chi connectivity index (χ0v) is 10.8. The molecule has 0 radical (unpaired) electrons. The van der Waals surface area contributed by atoms with Crippen LogP contribution in [-0.4, -0.2) is 36.1 Å². The van der Waals surface area contributed by atoms with E-state index >= 15 is 0 Å². The van der Waals surface area contributed by atoms with Crippen LogP contribution in [0.3, 0.4) is 0 Å². The lowest BCUT2D eigenvalue weighted by Crippen LogP contribution is -2.49. The van der Waals surface area contributed by atoms with Crippen molar-refractivity contribution in [1.82, 2.24) is 9.88 Å². The summed E-state index contributed by atoms with van der Waals surface area (Å²) in [5, 5.41) is 1.30. The molecule has 3 heteroatoms. The van der Waals surface area contributed by atoms with Gasteiger partial charge < -0.3 is 15.6 Å². The Balaban J connectivity index is 2.35. The first kappa shape index (κ1) is 12.1. The number of hydrogen-bond donors (Lipinski definition) is 2. The first-order valence-corrected chi connectivity index (χ1v) is 5.99. The van der Waals surface area contributed by atoms with Gasteiger partial charge in [-0.2, -0.15) is 0 Å². The molecule has 92 valence electrons. The Labute approximate surface area is 103 Å². The summed E-state index contributed by atoms with van der Waals surface area (Å²) in [7, 11) is 4.17. The third kappa shape index (κ3) is 2.21. The molecule has 1 aromatic heterocycles. The molecule has 1 atom stereocenters. The highest BCUT2D eigenvalue weighted by atomic mass is 15.1. The van der Waals surface area contributed by atoms with Gasteiger partial charge in [0.15, 0.2) is 0 Å². The van der Waals surface area contributed by atoms with Crippen LogP contribution in [0.5, 0.6) is 0 Å². The Hall–Kier alpha value is -1.32. The zero-order valence-electron chi connectivity index (χ0n) is 10.8. The first-order valence-electron chi connectivity index (χ1n) is 5.99. The fourth-order valence-corrected chi connectivity index (χ4v) is 2.10. The normalized spacial score (nSPS) is 15.4. The predicted octanol–water partition coefficient (Wildman–Crippen LogP) is 1.99. The van der Waals surface area contributed by atoms with Crippen LogP contribution in [0.2, 0.25) is 0 Å². The monoisotopic (exact) mass is 231 g/mol. The quantitative estimate of drug-likeness (QED) is 0.845. The van der Waals surface area contributed by atoms with Crippen molar-refractivity contribution in [3.05, 3.63) is 36.0 Å². The molecule has 0 saturated heterocycles. The molecule has 3 N–H and O–H groups in total. The molecule has 0 bridgehead atoms. The van der Waals surface area contributed by atoms with E-state index < -0.39 is 0 Å². The van der Waals surface area contributed by atoms with Crippen LogP contribution in [-0.2, 0) is 6.42 Å². The first-order chi connectivity index (χ1) is 8.07. The van der Waals surface area contributed by atoms with Crippen LogP contribution in [0.4, 0.5) is 0 Å². The summed E-state index contributed by atoms with van der Waals surface area (Å²) in [6.07, 6.45) is 3.06. The van der Waals surface area contributed by atoms with Crippen molar-refractivity contribution in [2.75, 3.05) is 20.6 Å². The molecule has 2 aromatic rings. The maximum atomic E-state index is 5.92. The van der Waals surface area contributed by atoms with E-state index in [1.807, 2.05) is 0 Å². The molecule has 2 rings (SSSR count). The third-order valence-electron chi connectivity index (χ3n) is 3.77. The van der Waals surface area contributed by atoms with Crippen molar-refractivity contribution >= 4 is 10.9 Å². The highest BCUT2D eigenvalue weighted by molar-refractivity contribution is 5.83. The number of fused-ring (bicyclic) bond motifs is 1. The SMILES string of the molecule is CN(C)C(C)(CN)Cc1c[nH]c2ccccc12. The van der Waals surface area contributed by atoms with Crippen molar-refractivity contribution in [3.63, 3.8) is 0 Å². The number of hydrogen-bond acceptors (Lipinski definition) is 2. The van der Waals surface area contributed by atoms with Gasteiger partial charge in [0.25, 0.3) is 0 Å². The fourth-order valence-electron chi connectivity index (χ4n) is 2.10. The van der Waals surface area contributed by atoms with Gasteiger partial charge in [-0.1, -0.05) is 18.2 Å². The average molecular weight is 231 g/mol. The van der Waals surface area contributed by atoms with Crippen LogP contribution >= 0.6 is 0 Å². The van der Waals surface area contributed by atoms with Crippen LogP contribution in [0, 0.1) is 0 Å². The number of para-hydroxylation sites is 1. The van der Waals surface area contributed by atoms with Crippen molar-refractivity contribution in [3.8, 4) is 0 Å². The molecular weight excluding hydrogens is 210 g/mol. The van der Waals surface area contributed by atoms with E-state index in [-0.39, 0.29) is 5.54 Å². The topological polar surface area (TPSA) is 45.0 Å². The summed E-state index contributed by atoms with van der Waals surface area (Å²) >= 11 is 0. The number of aromatic amines is 1. The number of aromatic nitrogens is 1. The fraction of sp³-hybridized carbons (Fsp3) is 0.429. The maximum absolute atomic E-state index is 5.92. The Kier molecular flexibility index (Phi) is 3.22. The van der Waals surface area contributed by atoms with Gasteiger partial charge in [-0.3, -0.25) is 0 Å². The minimum Gasteiger partial charge on any atom is -0.361 e. The second-order valence-corrected chi connectivity index (χ2v) is 5.13. The molecule has 0 spiro atoms. The lowest BCUT2D eigenvalue weighted by molar-refractivity contribution is 0.181. The van der Waals surface area contributed by atoms with Gasteiger partial charge in [0, 0.05) is 29.2 Å². The molecule has 0 aliphatic carbocycles. The van der Waals surface area contributed by atoms with Gasteiger partial charge in [-0.25, -0.2) is 0 Å². The van der Waals surface area contributed by atoms with E-state index in [0.717, 1.165) is 6.42 Å². The Morgan fingerprint density at radius 3 is 2.65 bits per heavy atom. The van der Waals surface area contributed by atoms with Crippen LogP contribution < -0.4 is 5.73 Å². The molecule has 0 fully saturated rings. The maximum Gasteiger partial charge on any atom is 0.0456 e. The number of H-pyrrole nitrogens is 1. The van der Waals surface area contributed by atoms with Crippen LogP contribution in [0.15, 0.2) is 30.5 Å². The predicted molar refractivity (Wildman–Crippen MR) is 73.1 cm³/mol. The second-order valence-electron chi connectivity index (χ2n) is 5.13. The molecule has 1 heterocycles. The molecule has 0 saturated carbocycles. The van der Waals surface area contributed by atoms with Gasteiger partial charge in [0.2, 0.25) is 0 Å². The van der Waals surface area contributed by atoms with Gasteiger partial charge >= 0.3 is 0 Å². The van der Waals surface area contributed by atoms with Crippen LogP contribution in [0.25, 0.3) is 10.9 Å². The summed E-state index contributed by atoms with van der Waals surface area (Å²) in [4.78, 5) is 5.52. The number of likely N-dealkylation sites (N-methyl/N-ethyl adjacent to an activating group) is 1. The summed E-state index contributed by atoms with van der Waals surface area (Å²) in [6, 6.07) is 8.40. The molecule has 3 nitrogen and oxygen atoms in total. The van der Waals surface area contributed by atoms with Gasteiger partial charge in [-0.05, 0) is 39.1 Å². The van der Waals surface area contributed by atoms with E-state index in [0.29, 0.717) is 6.54 Å². The third-order valence-corrected chi connectivity index (χ3v) is 3.77. The minimum atomic E-state index is 0.00493. The summed E-state index contributed by atoms with van der Waals surface area (Å²) in [5.41, 5.74) is 8.45. The van der Waals surface area contributed by atoms with E-state index in [1.54, 1.807) is 0 Å². The minimum absolute atomic E-state index is 0.00493. The Bertz CT molecular complexity index is 501. The number of nitrogens with zero attached hydrogens (tertiary/aromatic N) is 1. The molecule has 0 amide bonds. The smallest absolute Gasteiger partial charge is 0.0456 e. The van der Waals surface area contributed by atoms with Gasteiger partial charge in [0.1, 0.15) is 0 Å². The highest BCUT2D eigenvalue weighted by Gasteiger charge is 2.26. The molecule has 1 aromatic carbocycles. The van der Waals surface area contributed by atoms with Crippen molar-refractivity contribution in [1.29, 1.82) is 0 Å². The molecular formula is C14H21N3. The standard InChI is InChI=1S/C14H21N3/c1-14(10-15,17(2)3)8-11-9-16-13-7-5-4-6-12(11)13/h4-7,9,16H,8,10,15H2,1-3H3. The van der Waals surface area contributed by atoms with E-state index in [2.05, 4.69) is 61.4 Å². The van der Waals surface area contributed by atoms with Gasteiger partial charge in [0.05, 0.1) is 0 Å². The zero-order chi connectivity index (χ0) is 12.5.